The van der Waals surface area contributed by atoms with E-state index in [2.05, 4.69) is 44.2 Å². The van der Waals surface area contributed by atoms with Crippen molar-refractivity contribution in [2.45, 2.75) is 59.5 Å². The first-order chi connectivity index (χ1) is 8.00. The molecule has 0 aliphatic heterocycles. The number of anilines is 1. The van der Waals surface area contributed by atoms with E-state index < -0.39 is 0 Å². The largest absolute Gasteiger partial charge is 0.366 e. The molecule has 1 aliphatic carbocycles. The maximum atomic E-state index is 4.50. The molecule has 0 aromatic carbocycles. The molecule has 2 rings (SSSR count). The summed E-state index contributed by atoms with van der Waals surface area (Å²) in [5.74, 6) is 1.76. The highest BCUT2D eigenvalue weighted by atomic mass is 15.3. The average Bonchev–Trinajstić information content (AvgIpc) is 2.69. The second-order valence-corrected chi connectivity index (χ2v) is 6.19. The number of rotatable bonds is 3. The van der Waals surface area contributed by atoms with Gasteiger partial charge < -0.3 is 5.32 Å². The Kier molecular flexibility index (Phi) is 3.45. The monoisotopic (exact) mass is 235 g/mol. The van der Waals surface area contributed by atoms with Gasteiger partial charge in [0, 0.05) is 24.8 Å². The molecule has 1 aromatic heterocycles. The van der Waals surface area contributed by atoms with Crippen molar-refractivity contribution in [2.24, 2.45) is 11.3 Å². The lowest BCUT2D eigenvalue weighted by Crippen LogP contribution is -2.37. The molecule has 1 heterocycles. The summed E-state index contributed by atoms with van der Waals surface area (Å²) in [5, 5.41) is 8.09. The molecule has 2 atom stereocenters. The summed E-state index contributed by atoms with van der Waals surface area (Å²) in [7, 11) is 0. The van der Waals surface area contributed by atoms with Crippen LogP contribution in [0.4, 0.5) is 5.82 Å². The van der Waals surface area contributed by atoms with Crippen LogP contribution < -0.4 is 5.32 Å². The van der Waals surface area contributed by atoms with E-state index in [9.17, 15) is 0 Å². The van der Waals surface area contributed by atoms with Crippen LogP contribution in [0.5, 0.6) is 0 Å². The molecule has 17 heavy (non-hydrogen) atoms. The predicted molar refractivity (Wildman–Crippen MR) is 72.1 cm³/mol. The van der Waals surface area contributed by atoms with Gasteiger partial charge in [0.25, 0.3) is 0 Å². The van der Waals surface area contributed by atoms with Crippen molar-refractivity contribution in [3.05, 3.63) is 12.3 Å². The van der Waals surface area contributed by atoms with E-state index in [1.54, 1.807) is 0 Å². The molecular weight excluding hydrogens is 210 g/mol. The quantitative estimate of drug-likeness (QED) is 0.868. The van der Waals surface area contributed by atoms with E-state index >= 15 is 0 Å². The molecule has 3 heteroatoms. The van der Waals surface area contributed by atoms with Crippen LogP contribution in [0.15, 0.2) is 12.3 Å². The van der Waals surface area contributed by atoms with Gasteiger partial charge in [-0.2, -0.15) is 5.10 Å². The third-order valence-corrected chi connectivity index (χ3v) is 3.99. The van der Waals surface area contributed by atoms with Gasteiger partial charge in [-0.3, -0.25) is 4.68 Å². The second kappa shape index (κ2) is 4.71. The van der Waals surface area contributed by atoms with Gasteiger partial charge in [-0.05, 0) is 37.5 Å². The van der Waals surface area contributed by atoms with E-state index in [0.29, 0.717) is 11.5 Å². The van der Waals surface area contributed by atoms with Crippen molar-refractivity contribution in [3.8, 4) is 0 Å². The maximum absolute atomic E-state index is 4.50. The Morgan fingerprint density at radius 1 is 1.53 bits per heavy atom. The molecule has 1 saturated carbocycles. The van der Waals surface area contributed by atoms with Crippen LogP contribution in [0.2, 0.25) is 0 Å². The Hall–Kier alpha value is -0.990. The fourth-order valence-corrected chi connectivity index (χ4v) is 2.97. The summed E-state index contributed by atoms with van der Waals surface area (Å²) in [4.78, 5) is 0. The summed E-state index contributed by atoms with van der Waals surface area (Å²) in [5.41, 5.74) is 0.514. The summed E-state index contributed by atoms with van der Waals surface area (Å²) < 4.78 is 1.97. The normalized spacial score (nSPS) is 28.0. The van der Waals surface area contributed by atoms with Crippen molar-refractivity contribution < 1.29 is 0 Å². The van der Waals surface area contributed by atoms with Crippen molar-refractivity contribution >= 4 is 5.82 Å². The standard InChI is InChI=1S/C14H25N3/c1-5-17-9-7-13(16-17)15-12-6-8-14(3,4)10-11(12)2/h7,9,11-12H,5-6,8,10H2,1-4H3,(H,15,16). The lowest BCUT2D eigenvalue weighted by atomic mass is 9.70. The van der Waals surface area contributed by atoms with Crippen molar-refractivity contribution in [1.82, 2.24) is 9.78 Å². The molecule has 96 valence electrons. The SMILES string of the molecule is CCn1ccc(NC2CCC(C)(C)CC2C)n1. The highest BCUT2D eigenvalue weighted by Gasteiger charge is 2.32. The Bertz CT molecular complexity index is 367. The van der Waals surface area contributed by atoms with Gasteiger partial charge in [0.2, 0.25) is 0 Å². The van der Waals surface area contributed by atoms with Crippen molar-refractivity contribution in [3.63, 3.8) is 0 Å². The fraction of sp³-hybridized carbons (Fsp3) is 0.786. The van der Waals surface area contributed by atoms with Gasteiger partial charge in [-0.1, -0.05) is 20.8 Å². The van der Waals surface area contributed by atoms with E-state index in [-0.39, 0.29) is 0 Å². The lowest BCUT2D eigenvalue weighted by Gasteiger charge is -2.39. The molecule has 1 aliphatic rings. The van der Waals surface area contributed by atoms with E-state index in [1.807, 2.05) is 10.9 Å². The Morgan fingerprint density at radius 3 is 2.88 bits per heavy atom. The zero-order valence-electron chi connectivity index (χ0n) is 11.5. The van der Waals surface area contributed by atoms with Crippen molar-refractivity contribution in [1.29, 1.82) is 0 Å². The molecule has 1 fully saturated rings. The molecular formula is C14H25N3. The molecule has 1 aromatic rings. The zero-order chi connectivity index (χ0) is 12.5. The number of hydrogen-bond acceptors (Lipinski definition) is 2. The van der Waals surface area contributed by atoms with Crippen LogP contribution in [0.25, 0.3) is 0 Å². The summed E-state index contributed by atoms with van der Waals surface area (Å²) in [6, 6.07) is 2.67. The Balaban J connectivity index is 1.95. The summed E-state index contributed by atoms with van der Waals surface area (Å²) in [6.07, 6.45) is 5.91. The molecule has 2 unspecified atom stereocenters. The first kappa shape index (κ1) is 12.5. The lowest BCUT2D eigenvalue weighted by molar-refractivity contribution is 0.177. The van der Waals surface area contributed by atoms with Crippen LogP contribution in [0, 0.1) is 11.3 Å². The molecule has 0 spiro atoms. The Labute approximate surface area is 105 Å². The van der Waals surface area contributed by atoms with Gasteiger partial charge in [0.1, 0.15) is 5.82 Å². The van der Waals surface area contributed by atoms with Crippen LogP contribution >= 0.6 is 0 Å². The zero-order valence-corrected chi connectivity index (χ0v) is 11.5. The summed E-state index contributed by atoms with van der Waals surface area (Å²) >= 11 is 0. The van der Waals surface area contributed by atoms with Gasteiger partial charge >= 0.3 is 0 Å². The van der Waals surface area contributed by atoms with Crippen LogP contribution in [-0.4, -0.2) is 15.8 Å². The topological polar surface area (TPSA) is 29.9 Å². The minimum absolute atomic E-state index is 0.514. The second-order valence-electron chi connectivity index (χ2n) is 6.19. The molecule has 0 bridgehead atoms. The highest BCUT2D eigenvalue weighted by molar-refractivity contribution is 5.34. The molecule has 0 amide bonds. The minimum Gasteiger partial charge on any atom is -0.366 e. The summed E-state index contributed by atoms with van der Waals surface area (Å²) in [6.45, 7) is 10.2. The third-order valence-electron chi connectivity index (χ3n) is 3.99. The number of nitrogens with zero attached hydrogens (tertiary/aromatic N) is 2. The maximum Gasteiger partial charge on any atom is 0.148 e. The minimum atomic E-state index is 0.514. The first-order valence-electron chi connectivity index (χ1n) is 6.80. The van der Waals surface area contributed by atoms with E-state index in [4.69, 9.17) is 0 Å². The first-order valence-corrected chi connectivity index (χ1v) is 6.80. The molecule has 0 saturated heterocycles. The smallest absolute Gasteiger partial charge is 0.148 e. The van der Waals surface area contributed by atoms with E-state index in [1.165, 1.54) is 19.3 Å². The highest BCUT2D eigenvalue weighted by Crippen LogP contribution is 2.39. The average molecular weight is 235 g/mol. The number of hydrogen-bond donors (Lipinski definition) is 1. The van der Waals surface area contributed by atoms with Crippen molar-refractivity contribution in [2.75, 3.05) is 5.32 Å². The third kappa shape index (κ3) is 3.02. The van der Waals surface area contributed by atoms with Gasteiger partial charge in [-0.15, -0.1) is 0 Å². The molecule has 1 N–H and O–H groups in total. The van der Waals surface area contributed by atoms with E-state index in [0.717, 1.165) is 18.3 Å². The number of aromatic nitrogens is 2. The van der Waals surface area contributed by atoms with Crippen LogP contribution in [-0.2, 0) is 6.54 Å². The van der Waals surface area contributed by atoms with Crippen LogP contribution in [0.3, 0.4) is 0 Å². The molecule has 3 nitrogen and oxygen atoms in total. The molecule has 0 radical (unpaired) electrons. The number of nitrogens with one attached hydrogen (secondary N) is 1. The number of aryl methyl sites for hydroxylation is 1. The van der Waals surface area contributed by atoms with Gasteiger partial charge in [0.15, 0.2) is 0 Å². The Morgan fingerprint density at radius 2 is 2.29 bits per heavy atom. The van der Waals surface area contributed by atoms with Crippen LogP contribution in [0.1, 0.15) is 47.0 Å². The predicted octanol–water partition coefficient (Wildman–Crippen LogP) is 3.53. The van der Waals surface area contributed by atoms with Gasteiger partial charge in [-0.25, -0.2) is 0 Å². The fourth-order valence-electron chi connectivity index (χ4n) is 2.97. The van der Waals surface area contributed by atoms with Gasteiger partial charge in [0.05, 0.1) is 0 Å².